The van der Waals surface area contributed by atoms with Crippen molar-refractivity contribution in [3.05, 3.63) is 64.3 Å². The van der Waals surface area contributed by atoms with Gasteiger partial charge in [-0.15, -0.1) is 5.10 Å². The van der Waals surface area contributed by atoms with E-state index in [1.165, 1.54) is 35.0 Å². The number of sulfone groups is 1. The first kappa shape index (κ1) is 17.3. The van der Waals surface area contributed by atoms with Crippen molar-refractivity contribution in [1.29, 1.82) is 0 Å². The molecule has 128 valence electrons. The number of carbonyl (C=O) groups excluding carboxylic acids is 1. The summed E-state index contributed by atoms with van der Waals surface area (Å²) in [6, 6.07) is 12.2. The maximum Gasteiger partial charge on any atom is 0.228 e. The Morgan fingerprint density at radius 2 is 1.76 bits per heavy atom. The van der Waals surface area contributed by atoms with Crippen LogP contribution in [0.5, 0.6) is 0 Å². The van der Waals surface area contributed by atoms with Gasteiger partial charge in [0.25, 0.3) is 0 Å². The number of carboxylic acids is 1. The molecule has 0 atom stereocenters. The Kier molecular flexibility index (Phi) is 4.44. The van der Waals surface area contributed by atoms with E-state index in [4.69, 9.17) is 0 Å². The molecule has 0 saturated carbocycles. The Bertz CT molecular complexity index is 1060. The molecule has 0 fully saturated rings. The molecule has 0 spiro atoms. The number of hydrogen-bond donors (Lipinski definition) is 0. The highest BCUT2D eigenvalue weighted by Gasteiger charge is 2.27. The van der Waals surface area contributed by atoms with E-state index in [9.17, 15) is 18.3 Å². The van der Waals surface area contributed by atoms with Gasteiger partial charge < -0.3 is 9.90 Å². The molecule has 0 N–H and O–H groups in total. The summed E-state index contributed by atoms with van der Waals surface area (Å²) < 4.78 is 27.4. The summed E-state index contributed by atoms with van der Waals surface area (Å²) in [6.07, 6.45) is 0. The molecule has 0 amide bonds. The zero-order valence-corrected chi connectivity index (χ0v) is 15.3. The third-order valence-corrected chi connectivity index (χ3v) is 6.36. The van der Waals surface area contributed by atoms with Crippen molar-refractivity contribution < 1.29 is 18.3 Å². The summed E-state index contributed by atoms with van der Waals surface area (Å²) in [6.45, 7) is 1.58. The molecular formula is C16H11BrN3O4S-. The molecule has 1 aromatic heterocycles. The lowest BCUT2D eigenvalue weighted by Crippen LogP contribution is -2.22. The van der Waals surface area contributed by atoms with Crippen molar-refractivity contribution in [3.8, 4) is 5.69 Å². The van der Waals surface area contributed by atoms with E-state index in [1.807, 2.05) is 0 Å². The van der Waals surface area contributed by atoms with E-state index in [0.29, 0.717) is 15.9 Å². The average Bonchev–Trinajstić information content (AvgIpc) is 2.97. The molecular weight excluding hydrogens is 410 g/mol. The van der Waals surface area contributed by atoms with E-state index >= 15 is 0 Å². The third-order valence-electron chi connectivity index (χ3n) is 3.58. The highest BCUT2D eigenvalue weighted by atomic mass is 79.9. The van der Waals surface area contributed by atoms with Crippen LogP contribution in [-0.4, -0.2) is 29.4 Å². The lowest BCUT2D eigenvalue weighted by atomic mass is 10.2. The van der Waals surface area contributed by atoms with Crippen LogP contribution in [-0.2, 0) is 9.84 Å². The van der Waals surface area contributed by atoms with E-state index in [2.05, 4.69) is 26.2 Å². The van der Waals surface area contributed by atoms with E-state index in [1.54, 1.807) is 25.1 Å². The van der Waals surface area contributed by atoms with Crippen molar-refractivity contribution in [2.24, 2.45) is 0 Å². The van der Waals surface area contributed by atoms with Crippen molar-refractivity contribution in [3.63, 3.8) is 0 Å². The second kappa shape index (κ2) is 6.41. The van der Waals surface area contributed by atoms with Crippen molar-refractivity contribution in [1.82, 2.24) is 15.0 Å². The van der Waals surface area contributed by atoms with Gasteiger partial charge in [-0.25, -0.2) is 13.1 Å². The van der Waals surface area contributed by atoms with E-state index < -0.39 is 15.8 Å². The fraction of sp³-hybridized carbons (Fsp3) is 0.0625. The van der Waals surface area contributed by atoms with Gasteiger partial charge >= 0.3 is 0 Å². The molecule has 0 aliphatic rings. The monoisotopic (exact) mass is 420 g/mol. The van der Waals surface area contributed by atoms with Crippen molar-refractivity contribution >= 4 is 31.7 Å². The van der Waals surface area contributed by atoms with Gasteiger partial charge in [0.2, 0.25) is 14.9 Å². The number of nitrogens with zero attached hydrogens (tertiary/aromatic N) is 3. The lowest BCUT2D eigenvalue weighted by Gasteiger charge is -2.07. The van der Waals surface area contributed by atoms with Crippen molar-refractivity contribution in [2.75, 3.05) is 0 Å². The maximum absolute atomic E-state index is 12.8. The van der Waals surface area contributed by atoms with Crippen molar-refractivity contribution in [2.45, 2.75) is 16.8 Å². The largest absolute Gasteiger partial charge is 0.545 e. The number of aromatic carboxylic acids is 1. The maximum atomic E-state index is 12.8. The Balaban J connectivity index is 2.07. The molecule has 2 aromatic carbocycles. The van der Waals surface area contributed by atoms with Gasteiger partial charge in [-0.1, -0.05) is 29.5 Å². The molecule has 0 saturated heterocycles. The van der Waals surface area contributed by atoms with Crippen LogP contribution in [0.2, 0.25) is 0 Å². The Hall–Kier alpha value is -2.52. The number of rotatable bonds is 4. The number of halogens is 1. The minimum absolute atomic E-state index is 0.0163. The van der Waals surface area contributed by atoms with Crippen LogP contribution in [0, 0.1) is 6.92 Å². The summed E-state index contributed by atoms with van der Waals surface area (Å²) >= 11 is 3.23. The van der Waals surface area contributed by atoms with Crippen LogP contribution < -0.4 is 5.11 Å². The van der Waals surface area contributed by atoms with Crippen LogP contribution >= 0.6 is 15.9 Å². The number of carboxylic acid groups (broad SMARTS) is 1. The van der Waals surface area contributed by atoms with Gasteiger partial charge in [-0.05, 0) is 52.7 Å². The number of aromatic nitrogens is 3. The molecule has 0 aliphatic carbocycles. The summed E-state index contributed by atoms with van der Waals surface area (Å²) in [5.41, 5.74) is 0.822. The fourth-order valence-electron chi connectivity index (χ4n) is 2.31. The molecule has 0 bridgehead atoms. The fourth-order valence-corrected chi connectivity index (χ4v) is 4.65. The van der Waals surface area contributed by atoms with E-state index in [-0.39, 0.29) is 15.5 Å². The summed E-state index contributed by atoms with van der Waals surface area (Å²) in [5, 5.41) is 18.4. The van der Waals surface area contributed by atoms with Gasteiger partial charge in [0, 0.05) is 4.47 Å². The molecule has 3 aromatic rings. The zero-order valence-electron chi connectivity index (χ0n) is 12.9. The van der Waals surface area contributed by atoms with Gasteiger partial charge in [0.05, 0.1) is 22.2 Å². The first-order chi connectivity index (χ1) is 11.8. The SMILES string of the molecule is Cc1c(S(=O)(=O)c2ccccc2Br)nnn1-c1ccc(C(=O)[O-])cc1. The average molecular weight is 421 g/mol. The van der Waals surface area contributed by atoms with Crippen LogP contribution in [0.3, 0.4) is 0 Å². The Morgan fingerprint density at radius 3 is 2.36 bits per heavy atom. The second-order valence-electron chi connectivity index (χ2n) is 5.16. The molecule has 7 nitrogen and oxygen atoms in total. The third kappa shape index (κ3) is 3.08. The van der Waals surface area contributed by atoms with Gasteiger partial charge in [0.15, 0.2) is 0 Å². The molecule has 25 heavy (non-hydrogen) atoms. The molecule has 1 heterocycles. The number of benzene rings is 2. The quantitative estimate of drug-likeness (QED) is 0.633. The minimum atomic E-state index is -3.85. The Labute approximate surface area is 152 Å². The predicted molar refractivity (Wildman–Crippen MR) is 90.0 cm³/mol. The minimum Gasteiger partial charge on any atom is -0.545 e. The topological polar surface area (TPSA) is 105 Å². The van der Waals surface area contributed by atoms with Gasteiger partial charge in [0.1, 0.15) is 0 Å². The molecule has 9 heteroatoms. The lowest BCUT2D eigenvalue weighted by molar-refractivity contribution is -0.255. The molecule has 3 rings (SSSR count). The normalized spacial score (nSPS) is 11.4. The van der Waals surface area contributed by atoms with Gasteiger partial charge in [-0.3, -0.25) is 0 Å². The van der Waals surface area contributed by atoms with E-state index in [0.717, 1.165) is 0 Å². The first-order valence-corrected chi connectivity index (χ1v) is 9.33. The number of carbonyl (C=O) groups is 1. The van der Waals surface area contributed by atoms with Crippen LogP contribution in [0.1, 0.15) is 16.1 Å². The smallest absolute Gasteiger partial charge is 0.228 e. The first-order valence-electron chi connectivity index (χ1n) is 7.06. The molecule has 0 aliphatic heterocycles. The second-order valence-corrected chi connectivity index (χ2v) is 7.85. The summed E-state index contributed by atoms with van der Waals surface area (Å²) in [4.78, 5) is 10.9. The Morgan fingerprint density at radius 1 is 1.12 bits per heavy atom. The number of hydrogen-bond acceptors (Lipinski definition) is 6. The predicted octanol–water partition coefficient (Wildman–Crippen LogP) is 1.53. The van der Waals surface area contributed by atoms with Crippen LogP contribution in [0.15, 0.2) is 62.9 Å². The molecule has 0 radical (unpaired) electrons. The van der Waals surface area contributed by atoms with Crippen LogP contribution in [0.25, 0.3) is 5.69 Å². The van der Waals surface area contributed by atoms with Crippen LogP contribution in [0.4, 0.5) is 0 Å². The van der Waals surface area contributed by atoms with Gasteiger partial charge in [-0.2, -0.15) is 0 Å². The summed E-state index contributed by atoms with van der Waals surface area (Å²) in [5.74, 6) is -1.29. The highest BCUT2D eigenvalue weighted by molar-refractivity contribution is 9.10. The molecule has 0 unspecified atom stereocenters. The summed E-state index contributed by atoms with van der Waals surface area (Å²) in [7, 11) is -3.85. The highest BCUT2D eigenvalue weighted by Crippen LogP contribution is 2.28. The standard InChI is InChI=1S/C16H12BrN3O4S/c1-10-15(25(23,24)14-5-3-2-4-13(14)17)18-19-20(10)12-8-6-11(7-9-12)16(21)22/h2-9H,1H3,(H,21,22)/p-1. The zero-order chi connectivity index (χ0) is 18.2.